The monoisotopic (exact) mass is 292 g/mol. The van der Waals surface area contributed by atoms with Crippen LogP contribution in [0.3, 0.4) is 0 Å². The summed E-state index contributed by atoms with van der Waals surface area (Å²) in [6, 6.07) is 5.28. The lowest BCUT2D eigenvalue weighted by Crippen LogP contribution is -2.49. The molecule has 0 saturated carbocycles. The number of morpholine rings is 1. The number of hydrogen-bond acceptors (Lipinski definition) is 6. The molecule has 0 aromatic heterocycles. The summed E-state index contributed by atoms with van der Waals surface area (Å²) >= 11 is 0. The van der Waals surface area contributed by atoms with E-state index in [0.29, 0.717) is 43.4 Å². The van der Waals surface area contributed by atoms with Crippen molar-refractivity contribution in [2.75, 3.05) is 33.4 Å². The molecule has 1 fully saturated rings. The molecule has 0 bridgehead atoms. The van der Waals surface area contributed by atoms with E-state index in [-0.39, 0.29) is 10.6 Å². The van der Waals surface area contributed by atoms with Gasteiger partial charge in [-0.1, -0.05) is 0 Å². The Morgan fingerprint density at radius 3 is 2.81 bits per heavy atom. The first-order chi connectivity index (χ1) is 10.2. The zero-order valence-electron chi connectivity index (χ0n) is 11.7. The van der Waals surface area contributed by atoms with Crippen molar-refractivity contribution in [1.82, 2.24) is 4.90 Å². The number of nitrogens with zero attached hydrogens (tertiary/aromatic N) is 2. The zero-order chi connectivity index (χ0) is 14.8. The van der Waals surface area contributed by atoms with Gasteiger partial charge in [0.1, 0.15) is 11.5 Å². The first-order valence-corrected chi connectivity index (χ1v) is 6.71. The van der Waals surface area contributed by atoms with Crippen LogP contribution in [0, 0.1) is 10.1 Å². The van der Waals surface area contributed by atoms with E-state index in [0.717, 1.165) is 0 Å². The number of benzene rings is 1. The van der Waals surface area contributed by atoms with Crippen molar-refractivity contribution in [1.29, 1.82) is 0 Å². The molecule has 0 N–H and O–H groups in total. The van der Waals surface area contributed by atoms with Crippen LogP contribution in [0.15, 0.2) is 23.9 Å². The lowest BCUT2D eigenvalue weighted by molar-refractivity contribution is -0.439. The first kappa shape index (κ1) is 13.8. The normalized spacial score (nSPS) is 22.0. The minimum Gasteiger partial charge on any atom is -0.497 e. The Kier molecular flexibility index (Phi) is 3.76. The molecule has 1 aromatic carbocycles. The first-order valence-electron chi connectivity index (χ1n) is 6.71. The second-order valence-electron chi connectivity index (χ2n) is 4.85. The Labute approximate surface area is 121 Å². The molecule has 1 atom stereocenters. The summed E-state index contributed by atoms with van der Waals surface area (Å²) in [5.74, 6) is 1.26. The van der Waals surface area contributed by atoms with Crippen molar-refractivity contribution in [3.63, 3.8) is 0 Å². The van der Waals surface area contributed by atoms with Crippen LogP contribution in [0.4, 0.5) is 0 Å². The second-order valence-corrected chi connectivity index (χ2v) is 4.85. The molecule has 1 saturated heterocycles. The van der Waals surface area contributed by atoms with E-state index in [4.69, 9.17) is 14.2 Å². The summed E-state index contributed by atoms with van der Waals surface area (Å²) in [4.78, 5) is 12.9. The van der Waals surface area contributed by atoms with Crippen LogP contribution < -0.4 is 9.47 Å². The Morgan fingerprint density at radius 1 is 1.38 bits per heavy atom. The average molecular weight is 292 g/mol. The molecule has 112 valence electrons. The highest BCUT2D eigenvalue weighted by molar-refractivity contribution is 5.63. The van der Waals surface area contributed by atoms with Crippen LogP contribution in [-0.2, 0) is 4.74 Å². The fraction of sp³-hybridized carbons (Fsp3) is 0.429. The standard InChI is InChI=1S/C14H16N2O5/c1-19-11-2-3-13-10(8-11)9-12(16(17)18)14(21-13)15-4-6-20-7-5-15/h2-3,8-9,14H,4-7H2,1H3/t14-/m1/s1. The number of rotatable bonds is 3. The number of ether oxygens (including phenoxy) is 3. The maximum Gasteiger partial charge on any atom is 0.302 e. The summed E-state index contributed by atoms with van der Waals surface area (Å²) in [5, 5.41) is 11.3. The predicted molar refractivity (Wildman–Crippen MR) is 74.8 cm³/mol. The summed E-state index contributed by atoms with van der Waals surface area (Å²) in [6.07, 6.45) is 0.881. The Bertz CT molecular complexity index is 581. The molecule has 0 aliphatic carbocycles. The molecule has 0 spiro atoms. The van der Waals surface area contributed by atoms with E-state index in [1.165, 1.54) is 0 Å². The van der Waals surface area contributed by atoms with Gasteiger partial charge in [-0.05, 0) is 18.2 Å². The van der Waals surface area contributed by atoms with Gasteiger partial charge in [0.15, 0.2) is 0 Å². The van der Waals surface area contributed by atoms with Crippen molar-refractivity contribution in [2.45, 2.75) is 6.23 Å². The van der Waals surface area contributed by atoms with Crippen LogP contribution in [0.5, 0.6) is 11.5 Å². The predicted octanol–water partition coefficient (Wildman–Crippen LogP) is 1.36. The van der Waals surface area contributed by atoms with Gasteiger partial charge in [-0.25, -0.2) is 0 Å². The van der Waals surface area contributed by atoms with E-state index in [2.05, 4.69) is 0 Å². The summed E-state index contributed by atoms with van der Waals surface area (Å²) < 4.78 is 16.3. The summed E-state index contributed by atoms with van der Waals surface area (Å²) in [7, 11) is 1.56. The largest absolute Gasteiger partial charge is 0.497 e. The number of methoxy groups -OCH3 is 1. The van der Waals surface area contributed by atoms with Gasteiger partial charge in [-0.2, -0.15) is 0 Å². The molecule has 21 heavy (non-hydrogen) atoms. The van der Waals surface area contributed by atoms with Gasteiger partial charge in [0, 0.05) is 24.7 Å². The molecule has 7 heteroatoms. The van der Waals surface area contributed by atoms with Gasteiger partial charge in [-0.15, -0.1) is 0 Å². The van der Waals surface area contributed by atoms with Gasteiger partial charge in [0.05, 0.1) is 25.2 Å². The average Bonchev–Trinajstić information content (AvgIpc) is 2.53. The number of fused-ring (bicyclic) bond motifs is 1. The lowest BCUT2D eigenvalue weighted by atomic mass is 10.1. The SMILES string of the molecule is COc1ccc2c(c1)C=C([N+](=O)[O-])[C@H](N1CCOCC1)O2. The fourth-order valence-corrected chi connectivity index (χ4v) is 2.50. The smallest absolute Gasteiger partial charge is 0.302 e. The maximum atomic E-state index is 11.3. The van der Waals surface area contributed by atoms with Crippen LogP contribution in [0.1, 0.15) is 5.56 Å². The van der Waals surface area contributed by atoms with Gasteiger partial charge in [0.25, 0.3) is 0 Å². The molecule has 0 unspecified atom stereocenters. The van der Waals surface area contributed by atoms with E-state index in [1.807, 2.05) is 4.90 Å². The van der Waals surface area contributed by atoms with E-state index in [9.17, 15) is 10.1 Å². The van der Waals surface area contributed by atoms with E-state index in [1.54, 1.807) is 31.4 Å². The molecular weight excluding hydrogens is 276 g/mol. The Hall–Kier alpha value is -2.12. The van der Waals surface area contributed by atoms with E-state index < -0.39 is 6.23 Å². The zero-order valence-corrected chi connectivity index (χ0v) is 11.7. The molecule has 2 aliphatic rings. The van der Waals surface area contributed by atoms with Crippen molar-refractivity contribution < 1.29 is 19.1 Å². The third kappa shape index (κ3) is 2.70. The highest BCUT2D eigenvalue weighted by Crippen LogP contribution is 2.34. The molecule has 2 heterocycles. The Balaban J connectivity index is 1.95. The second kappa shape index (κ2) is 5.71. The maximum absolute atomic E-state index is 11.3. The van der Waals surface area contributed by atoms with Crippen LogP contribution >= 0.6 is 0 Å². The molecule has 2 aliphatic heterocycles. The molecule has 0 amide bonds. The van der Waals surface area contributed by atoms with Crippen LogP contribution in [0.25, 0.3) is 6.08 Å². The topological polar surface area (TPSA) is 74.1 Å². The highest BCUT2D eigenvalue weighted by atomic mass is 16.6. The number of nitro groups is 1. The number of hydrogen-bond donors (Lipinski definition) is 0. The van der Waals surface area contributed by atoms with Gasteiger partial charge < -0.3 is 14.2 Å². The summed E-state index contributed by atoms with van der Waals surface area (Å²) in [6.45, 7) is 2.34. The van der Waals surface area contributed by atoms with Gasteiger partial charge >= 0.3 is 5.70 Å². The molecule has 7 nitrogen and oxygen atoms in total. The van der Waals surface area contributed by atoms with Crippen molar-refractivity contribution in [3.8, 4) is 11.5 Å². The third-order valence-corrected chi connectivity index (χ3v) is 3.60. The van der Waals surface area contributed by atoms with Crippen molar-refractivity contribution in [3.05, 3.63) is 39.6 Å². The minimum atomic E-state index is -0.676. The van der Waals surface area contributed by atoms with Gasteiger partial charge in [-0.3, -0.25) is 15.0 Å². The molecule has 0 radical (unpaired) electrons. The quantitative estimate of drug-likeness (QED) is 0.618. The van der Waals surface area contributed by atoms with Gasteiger partial charge in [0.2, 0.25) is 6.23 Å². The van der Waals surface area contributed by atoms with E-state index >= 15 is 0 Å². The fourth-order valence-electron chi connectivity index (χ4n) is 2.50. The Morgan fingerprint density at radius 2 is 2.14 bits per heavy atom. The van der Waals surface area contributed by atoms with Crippen molar-refractivity contribution >= 4 is 6.08 Å². The lowest BCUT2D eigenvalue weighted by Gasteiger charge is -2.34. The molecular formula is C14H16N2O5. The highest BCUT2D eigenvalue weighted by Gasteiger charge is 2.37. The molecule has 1 aromatic rings. The van der Waals surface area contributed by atoms with Crippen LogP contribution in [0.2, 0.25) is 0 Å². The molecule has 3 rings (SSSR count). The van der Waals surface area contributed by atoms with Crippen molar-refractivity contribution in [2.24, 2.45) is 0 Å². The minimum absolute atomic E-state index is 0.0395. The summed E-state index contributed by atoms with van der Waals surface area (Å²) in [5.41, 5.74) is 0.697. The third-order valence-electron chi connectivity index (χ3n) is 3.60. The van der Waals surface area contributed by atoms with Crippen LogP contribution in [-0.4, -0.2) is 49.5 Å².